The van der Waals surface area contributed by atoms with Gasteiger partial charge in [0.25, 0.3) is 0 Å². The molecule has 0 radical (unpaired) electrons. The monoisotopic (exact) mass is 292 g/mol. The predicted molar refractivity (Wildman–Crippen MR) is 75.9 cm³/mol. The predicted octanol–water partition coefficient (Wildman–Crippen LogP) is 1.74. The lowest BCUT2D eigenvalue weighted by molar-refractivity contribution is 0.311. The molecule has 0 aliphatic heterocycles. The van der Waals surface area contributed by atoms with Crippen LogP contribution in [-0.4, -0.2) is 20.0 Å². The van der Waals surface area contributed by atoms with Crippen LogP contribution in [0.4, 0.5) is 0 Å². The molecule has 0 bridgehead atoms. The van der Waals surface area contributed by atoms with E-state index in [0.717, 1.165) is 12.8 Å². The van der Waals surface area contributed by atoms with Crippen molar-refractivity contribution < 1.29 is 13.2 Å². The van der Waals surface area contributed by atoms with E-state index in [1.165, 1.54) is 17.7 Å². The second-order valence-corrected chi connectivity index (χ2v) is 5.89. The standard InChI is InChI=1S/C14H16N2O3S/c15-20(17,18)14-7-5-13(6-8-14)19-10-2-4-12-3-1-9-16-11-12/h1,3,5-9,11H,2,4,10H2,(H2,15,17,18). The van der Waals surface area contributed by atoms with Crippen molar-refractivity contribution in [1.29, 1.82) is 0 Å². The third kappa shape index (κ3) is 4.32. The van der Waals surface area contributed by atoms with Crippen molar-refractivity contribution in [2.45, 2.75) is 17.7 Å². The molecule has 6 heteroatoms. The number of nitrogens with two attached hydrogens (primary N) is 1. The van der Waals surface area contributed by atoms with Crippen molar-refractivity contribution in [2.75, 3.05) is 6.61 Å². The number of rotatable bonds is 6. The largest absolute Gasteiger partial charge is 0.494 e. The third-order valence-corrected chi connectivity index (χ3v) is 3.68. The average Bonchev–Trinajstić information content (AvgIpc) is 2.44. The molecule has 0 saturated carbocycles. The van der Waals surface area contributed by atoms with Crippen LogP contribution in [0.5, 0.6) is 5.75 Å². The molecular weight excluding hydrogens is 276 g/mol. The molecule has 0 fully saturated rings. The highest BCUT2D eigenvalue weighted by Crippen LogP contribution is 2.15. The number of benzene rings is 1. The van der Waals surface area contributed by atoms with Crippen LogP contribution >= 0.6 is 0 Å². The Bertz CT molecular complexity index is 640. The quantitative estimate of drug-likeness (QED) is 0.822. The van der Waals surface area contributed by atoms with E-state index in [0.29, 0.717) is 12.4 Å². The minimum atomic E-state index is -3.64. The Hall–Kier alpha value is -1.92. The van der Waals surface area contributed by atoms with Gasteiger partial charge in [-0.25, -0.2) is 13.6 Å². The summed E-state index contributed by atoms with van der Waals surface area (Å²) < 4.78 is 27.7. The van der Waals surface area contributed by atoms with Crippen LogP contribution in [0.2, 0.25) is 0 Å². The molecule has 0 unspecified atom stereocenters. The fraction of sp³-hybridized carbons (Fsp3) is 0.214. The van der Waals surface area contributed by atoms with Crippen molar-refractivity contribution in [3.63, 3.8) is 0 Å². The van der Waals surface area contributed by atoms with Gasteiger partial charge in [0.05, 0.1) is 11.5 Å². The number of ether oxygens (including phenoxy) is 1. The summed E-state index contributed by atoms with van der Waals surface area (Å²) in [4.78, 5) is 4.13. The smallest absolute Gasteiger partial charge is 0.238 e. The molecule has 2 rings (SSSR count). The summed E-state index contributed by atoms with van der Waals surface area (Å²) in [6.45, 7) is 0.559. The summed E-state index contributed by atoms with van der Waals surface area (Å²) in [5.74, 6) is 0.628. The lowest BCUT2D eigenvalue weighted by atomic mass is 10.2. The van der Waals surface area contributed by atoms with Gasteiger partial charge in [0, 0.05) is 12.4 Å². The Morgan fingerprint density at radius 3 is 2.50 bits per heavy atom. The summed E-state index contributed by atoms with van der Waals surface area (Å²) in [6, 6.07) is 10.0. The SMILES string of the molecule is NS(=O)(=O)c1ccc(OCCCc2cccnc2)cc1. The van der Waals surface area contributed by atoms with Crippen LogP contribution in [-0.2, 0) is 16.4 Å². The van der Waals surface area contributed by atoms with Crippen molar-refractivity contribution in [3.05, 3.63) is 54.4 Å². The number of aryl methyl sites for hydroxylation is 1. The number of sulfonamides is 1. The molecule has 0 aliphatic rings. The Balaban J connectivity index is 1.80. The lowest BCUT2D eigenvalue weighted by Gasteiger charge is -2.06. The fourth-order valence-corrected chi connectivity index (χ4v) is 2.25. The zero-order valence-corrected chi connectivity index (χ0v) is 11.7. The summed E-state index contributed by atoms with van der Waals surface area (Å²) in [5, 5.41) is 5.02. The van der Waals surface area contributed by atoms with E-state index in [9.17, 15) is 8.42 Å². The molecule has 1 heterocycles. The first-order valence-electron chi connectivity index (χ1n) is 6.20. The summed E-state index contributed by atoms with van der Waals surface area (Å²) in [7, 11) is -3.64. The zero-order chi connectivity index (χ0) is 14.4. The zero-order valence-electron chi connectivity index (χ0n) is 10.9. The van der Waals surface area contributed by atoms with E-state index in [1.54, 1.807) is 18.3 Å². The minimum Gasteiger partial charge on any atom is -0.494 e. The molecule has 0 spiro atoms. The minimum absolute atomic E-state index is 0.0835. The Morgan fingerprint density at radius 1 is 1.15 bits per heavy atom. The maximum Gasteiger partial charge on any atom is 0.238 e. The van der Waals surface area contributed by atoms with Crippen LogP contribution in [0.3, 0.4) is 0 Å². The lowest BCUT2D eigenvalue weighted by Crippen LogP contribution is -2.11. The van der Waals surface area contributed by atoms with E-state index >= 15 is 0 Å². The number of hydrogen-bond donors (Lipinski definition) is 1. The van der Waals surface area contributed by atoms with E-state index in [-0.39, 0.29) is 4.90 Å². The summed E-state index contributed by atoms with van der Waals surface area (Å²) in [6.07, 6.45) is 5.33. The molecule has 20 heavy (non-hydrogen) atoms. The number of pyridine rings is 1. The highest BCUT2D eigenvalue weighted by atomic mass is 32.2. The van der Waals surface area contributed by atoms with Crippen LogP contribution in [0.1, 0.15) is 12.0 Å². The summed E-state index contributed by atoms with van der Waals surface area (Å²) >= 11 is 0. The topological polar surface area (TPSA) is 82.3 Å². The fourth-order valence-electron chi connectivity index (χ4n) is 1.74. The van der Waals surface area contributed by atoms with E-state index < -0.39 is 10.0 Å². The van der Waals surface area contributed by atoms with Gasteiger partial charge in [0.1, 0.15) is 5.75 Å². The molecule has 2 aromatic rings. The molecule has 0 aliphatic carbocycles. The Kier molecular flexibility index (Phi) is 4.70. The van der Waals surface area contributed by atoms with Gasteiger partial charge >= 0.3 is 0 Å². The van der Waals surface area contributed by atoms with Gasteiger partial charge < -0.3 is 4.74 Å². The number of hydrogen-bond acceptors (Lipinski definition) is 4. The van der Waals surface area contributed by atoms with Gasteiger partial charge in [-0.3, -0.25) is 4.98 Å². The third-order valence-electron chi connectivity index (χ3n) is 2.75. The van der Waals surface area contributed by atoms with Crippen LogP contribution in [0.25, 0.3) is 0 Å². The first kappa shape index (κ1) is 14.5. The second-order valence-electron chi connectivity index (χ2n) is 4.33. The first-order valence-corrected chi connectivity index (χ1v) is 7.75. The molecule has 1 aromatic carbocycles. The molecule has 5 nitrogen and oxygen atoms in total. The Labute approximate surface area is 118 Å². The molecule has 2 N–H and O–H groups in total. The van der Waals surface area contributed by atoms with Crippen LogP contribution < -0.4 is 9.88 Å². The number of nitrogens with zero attached hydrogens (tertiary/aromatic N) is 1. The Morgan fingerprint density at radius 2 is 1.90 bits per heavy atom. The van der Waals surface area contributed by atoms with Gasteiger partial charge in [-0.15, -0.1) is 0 Å². The second kappa shape index (κ2) is 6.49. The van der Waals surface area contributed by atoms with Gasteiger partial charge in [0.15, 0.2) is 0 Å². The molecular formula is C14H16N2O3S. The van der Waals surface area contributed by atoms with Crippen molar-refractivity contribution in [2.24, 2.45) is 5.14 Å². The van der Waals surface area contributed by atoms with Gasteiger partial charge in [0.2, 0.25) is 10.0 Å². The number of aromatic nitrogens is 1. The van der Waals surface area contributed by atoms with Gasteiger partial charge in [-0.05, 0) is 48.7 Å². The molecule has 0 amide bonds. The van der Waals surface area contributed by atoms with Crippen LogP contribution in [0, 0.1) is 0 Å². The molecule has 1 aromatic heterocycles. The van der Waals surface area contributed by atoms with E-state index in [4.69, 9.17) is 9.88 Å². The maximum atomic E-state index is 11.1. The highest BCUT2D eigenvalue weighted by molar-refractivity contribution is 7.89. The van der Waals surface area contributed by atoms with Gasteiger partial charge in [-0.2, -0.15) is 0 Å². The highest BCUT2D eigenvalue weighted by Gasteiger charge is 2.06. The molecule has 106 valence electrons. The molecule has 0 saturated heterocycles. The average molecular weight is 292 g/mol. The van der Waals surface area contributed by atoms with Crippen molar-refractivity contribution >= 4 is 10.0 Å². The first-order chi connectivity index (χ1) is 9.55. The van der Waals surface area contributed by atoms with E-state index in [1.807, 2.05) is 18.3 Å². The number of primary sulfonamides is 1. The van der Waals surface area contributed by atoms with Crippen LogP contribution in [0.15, 0.2) is 53.7 Å². The summed E-state index contributed by atoms with van der Waals surface area (Å²) in [5.41, 5.74) is 1.17. The maximum absolute atomic E-state index is 11.1. The van der Waals surface area contributed by atoms with Crippen molar-refractivity contribution in [1.82, 2.24) is 4.98 Å². The normalized spacial score (nSPS) is 11.2. The molecule has 0 atom stereocenters. The van der Waals surface area contributed by atoms with E-state index in [2.05, 4.69) is 4.98 Å². The van der Waals surface area contributed by atoms with Gasteiger partial charge in [-0.1, -0.05) is 6.07 Å². The van der Waals surface area contributed by atoms with Crippen molar-refractivity contribution in [3.8, 4) is 5.75 Å².